The minimum absolute atomic E-state index is 0.371. The molecule has 0 saturated carbocycles. The molecule has 0 radical (unpaired) electrons. The van der Waals surface area contributed by atoms with E-state index in [1.807, 2.05) is 42.5 Å². The first kappa shape index (κ1) is 13.5. The Morgan fingerprint density at radius 2 is 1.61 bits per heavy atom. The minimum atomic E-state index is 0.371. The fourth-order valence-electron chi connectivity index (χ4n) is 1.52. The Morgan fingerprint density at radius 3 is 2.22 bits per heavy atom. The topological polar surface area (TPSA) is 38.0 Å². The number of thiocarbonyl (C=S) groups is 1. The Morgan fingerprint density at radius 1 is 1.00 bits per heavy atom. The van der Waals surface area contributed by atoms with Gasteiger partial charge in [0.1, 0.15) is 4.99 Å². The number of benzene rings is 2. The number of nitrogens with two attached hydrogens (primary N) is 1. The van der Waals surface area contributed by atoms with Gasteiger partial charge in [0.15, 0.2) is 0 Å². The summed E-state index contributed by atoms with van der Waals surface area (Å²) in [5, 5.41) is 3.30. The van der Waals surface area contributed by atoms with Gasteiger partial charge in [-0.15, -0.1) is 0 Å². The van der Waals surface area contributed by atoms with E-state index >= 15 is 0 Å². The summed E-state index contributed by atoms with van der Waals surface area (Å²) in [6.45, 7) is 0. The molecule has 0 aromatic heterocycles. The first-order valence-corrected chi connectivity index (χ1v) is 7.17. The maximum Gasteiger partial charge on any atom is 0.106 e. The first-order valence-electron chi connectivity index (χ1n) is 5.18. The van der Waals surface area contributed by atoms with Crippen LogP contribution in [0, 0.1) is 0 Å². The van der Waals surface area contributed by atoms with E-state index in [0.717, 1.165) is 25.9 Å². The van der Waals surface area contributed by atoms with Crippen LogP contribution >= 0.6 is 44.1 Å². The van der Waals surface area contributed by atoms with Gasteiger partial charge in [-0.1, -0.05) is 44.1 Å². The highest BCUT2D eigenvalue weighted by atomic mass is 79.9. The van der Waals surface area contributed by atoms with E-state index in [1.165, 1.54) is 0 Å². The Labute approximate surface area is 128 Å². The summed E-state index contributed by atoms with van der Waals surface area (Å²) in [7, 11) is 0. The number of rotatable bonds is 3. The van der Waals surface area contributed by atoms with Crippen LogP contribution in [-0.4, -0.2) is 4.99 Å². The summed E-state index contributed by atoms with van der Waals surface area (Å²) < 4.78 is 1.99. The Balaban J connectivity index is 2.34. The molecule has 0 unspecified atom stereocenters. The van der Waals surface area contributed by atoms with Crippen molar-refractivity contribution in [3.8, 4) is 0 Å². The zero-order chi connectivity index (χ0) is 13.1. The van der Waals surface area contributed by atoms with Crippen molar-refractivity contribution < 1.29 is 0 Å². The second-order valence-electron chi connectivity index (χ2n) is 3.69. The van der Waals surface area contributed by atoms with Crippen LogP contribution in [-0.2, 0) is 0 Å². The normalized spacial score (nSPS) is 10.1. The molecule has 92 valence electrons. The van der Waals surface area contributed by atoms with Crippen LogP contribution in [0.1, 0.15) is 5.56 Å². The third kappa shape index (κ3) is 3.31. The smallest absolute Gasteiger partial charge is 0.106 e. The van der Waals surface area contributed by atoms with Crippen molar-refractivity contribution in [2.75, 3.05) is 5.32 Å². The lowest BCUT2D eigenvalue weighted by molar-refractivity contribution is 1.50. The second-order valence-corrected chi connectivity index (χ2v) is 5.96. The van der Waals surface area contributed by atoms with Crippen molar-refractivity contribution in [3.63, 3.8) is 0 Å². The van der Waals surface area contributed by atoms with Crippen molar-refractivity contribution in [3.05, 3.63) is 57.0 Å². The quantitative estimate of drug-likeness (QED) is 0.759. The fourth-order valence-corrected chi connectivity index (χ4v) is 2.31. The summed E-state index contributed by atoms with van der Waals surface area (Å²) in [5.41, 5.74) is 8.43. The van der Waals surface area contributed by atoms with Crippen molar-refractivity contribution in [2.24, 2.45) is 5.73 Å². The molecule has 2 nitrogen and oxygen atoms in total. The summed E-state index contributed by atoms with van der Waals surface area (Å²) >= 11 is 11.9. The fraction of sp³-hybridized carbons (Fsp3) is 0. The molecular weight excluding hydrogens is 376 g/mol. The third-order valence-electron chi connectivity index (χ3n) is 2.37. The molecule has 0 amide bonds. The van der Waals surface area contributed by atoms with Crippen LogP contribution in [0.25, 0.3) is 0 Å². The summed E-state index contributed by atoms with van der Waals surface area (Å²) in [6, 6.07) is 13.7. The molecule has 0 aliphatic rings. The van der Waals surface area contributed by atoms with Gasteiger partial charge in [-0.2, -0.15) is 0 Å². The van der Waals surface area contributed by atoms with Crippen LogP contribution in [0.15, 0.2) is 51.4 Å². The van der Waals surface area contributed by atoms with Gasteiger partial charge in [0, 0.05) is 25.9 Å². The van der Waals surface area contributed by atoms with Crippen molar-refractivity contribution >= 4 is 60.4 Å². The Bertz CT molecular complexity index is 582. The molecule has 0 atom stereocenters. The second kappa shape index (κ2) is 5.82. The molecule has 0 bridgehead atoms. The predicted molar refractivity (Wildman–Crippen MR) is 87.5 cm³/mol. The van der Waals surface area contributed by atoms with Crippen molar-refractivity contribution in [1.82, 2.24) is 0 Å². The standard InChI is InChI=1S/C13H10Br2N2S/c14-8-1-4-10(5-2-8)17-12-6-3-9(15)7-11(12)13(16)18/h1-7,17H,(H2,16,18). The summed E-state index contributed by atoms with van der Waals surface area (Å²) in [6.07, 6.45) is 0. The van der Waals surface area contributed by atoms with Gasteiger partial charge in [0.2, 0.25) is 0 Å². The minimum Gasteiger partial charge on any atom is -0.389 e. The van der Waals surface area contributed by atoms with Gasteiger partial charge in [0.05, 0.1) is 0 Å². The van der Waals surface area contributed by atoms with E-state index in [0.29, 0.717) is 4.99 Å². The molecule has 3 N–H and O–H groups in total. The molecule has 0 fully saturated rings. The largest absolute Gasteiger partial charge is 0.389 e. The molecule has 5 heteroatoms. The zero-order valence-electron chi connectivity index (χ0n) is 9.28. The molecule has 18 heavy (non-hydrogen) atoms. The number of hydrogen-bond donors (Lipinski definition) is 2. The van der Waals surface area contributed by atoms with Gasteiger partial charge in [0.25, 0.3) is 0 Å². The maximum absolute atomic E-state index is 5.72. The summed E-state index contributed by atoms with van der Waals surface area (Å²) in [5.74, 6) is 0. The molecule has 2 aromatic carbocycles. The van der Waals surface area contributed by atoms with Crippen LogP contribution in [0.3, 0.4) is 0 Å². The van der Waals surface area contributed by atoms with E-state index in [-0.39, 0.29) is 0 Å². The van der Waals surface area contributed by atoms with E-state index in [2.05, 4.69) is 37.2 Å². The van der Waals surface area contributed by atoms with E-state index in [1.54, 1.807) is 0 Å². The van der Waals surface area contributed by atoms with Crippen LogP contribution in [0.4, 0.5) is 11.4 Å². The van der Waals surface area contributed by atoms with Gasteiger partial charge < -0.3 is 11.1 Å². The lowest BCUT2D eigenvalue weighted by Gasteiger charge is -2.11. The van der Waals surface area contributed by atoms with Crippen LogP contribution in [0.2, 0.25) is 0 Å². The number of hydrogen-bond acceptors (Lipinski definition) is 2. The van der Waals surface area contributed by atoms with E-state index in [9.17, 15) is 0 Å². The molecule has 2 rings (SSSR count). The number of anilines is 2. The van der Waals surface area contributed by atoms with Crippen molar-refractivity contribution in [1.29, 1.82) is 0 Å². The predicted octanol–water partition coefficient (Wildman–Crippen LogP) is 4.59. The Kier molecular flexibility index (Phi) is 4.37. The van der Waals surface area contributed by atoms with E-state index in [4.69, 9.17) is 18.0 Å². The van der Waals surface area contributed by atoms with Gasteiger partial charge in [-0.25, -0.2) is 0 Å². The highest BCUT2D eigenvalue weighted by Gasteiger charge is 2.06. The molecule has 2 aromatic rings. The average Bonchev–Trinajstić information content (AvgIpc) is 2.34. The Hall–Kier alpha value is -0.910. The van der Waals surface area contributed by atoms with Gasteiger partial charge >= 0.3 is 0 Å². The van der Waals surface area contributed by atoms with Gasteiger partial charge in [-0.3, -0.25) is 0 Å². The zero-order valence-corrected chi connectivity index (χ0v) is 13.3. The SMILES string of the molecule is NC(=S)c1cc(Br)ccc1Nc1ccc(Br)cc1. The van der Waals surface area contributed by atoms with E-state index < -0.39 is 0 Å². The molecule has 0 aliphatic carbocycles. The highest BCUT2D eigenvalue weighted by Crippen LogP contribution is 2.25. The van der Waals surface area contributed by atoms with Crippen LogP contribution in [0.5, 0.6) is 0 Å². The van der Waals surface area contributed by atoms with Crippen LogP contribution < -0.4 is 11.1 Å². The maximum atomic E-state index is 5.72. The summed E-state index contributed by atoms with van der Waals surface area (Å²) in [4.78, 5) is 0.371. The molecule has 0 saturated heterocycles. The monoisotopic (exact) mass is 384 g/mol. The molecule has 0 aliphatic heterocycles. The van der Waals surface area contributed by atoms with Gasteiger partial charge in [-0.05, 0) is 42.5 Å². The molecule has 0 spiro atoms. The lowest BCUT2D eigenvalue weighted by Crippen LogP contribution is -2.11. The highest BCUT2D eigenvalue weighted by molar-refractivity contribution is 9.10. The lowest BCUT2D eigenvalue weighted by atomic mass is 10.1. The average molecular weight is 386 g/mol. The third-order valence-corrected chi connectivity index (χ3v) is 3.61. The number of halogens is 2. The number of nitrogens with one attached hydrogen (secondary N) is 1. The first-order chi connectivity index (χ1) is 8.56. The van der Waals surface area contributed by atoms with Crippen molar-refractivity contribution in [2.45, 2.75) is 0 Å². The molecule has 0 heterocycles. The molecular formula is C13H10Br2N2S.